The van der Waals surface area contributed by atoms with Crippen LogP contribution in [0.1, 0.15) is 59.8 Å². The second-order valence-corrected chi connectivity index (χ2v) is 9.62. The standard InChI is InChI=1S/C19H30O5S/c1-6-7-8-9-15(20)19(25(5)21)11-13-14(10-12(19)2)22-17-16(13)23-18(3,4)24-17/h10,12-13,16-17H,6-9,11H2,1-5H3/t12-,13-,16+,17+,19-,25?/m0/s1. The van der Waals surface area contributed by atoms with Gasteiger partial charge in [-0.1, -0.05) is 26.7 Å². The summed E-state index contributed by atoms with van der Waals surface area (Å²) in [4.78, 5) is 13.1. The molecule has 0 aromatic carbocycles. The normalized spacial score (nSPS) is 40.0. The fourth-order valence-corrected chi connectivity index (χ4v) is 5.86. The molecule has 0 bridgehead atoms. The lowest BCUT2D eigenvalue weighted by atomic mass is 9.73. The van der Waals surface area contributed by atoms with Crippen LogP contribution >= 0.6 is 0 Å². The first kappa shape index (κ1) is 19.1. The molecule has 6 heteroatoms. The summed E-state index contributed by atoms with van der Waals surface area (Å²) in [5.74, 6) is 0.0718. The van der Waals surface area contributed by atoms with E-state index in [0.29, 0.717) is 12.8 Å². The highest BCUT2D eigenvalue weighted by Crippen LogP contribution is 2.51. The maximum Gasteiger partial charge on any atom is 0.229 e. The molecule has 6 atom stereocenters. The minimum absolute atomic E-state index is 0.0676. The first-order valence-electron chi connectivity index (χ1n) is 9.32. The molecule has 0 N–H and O–H groups in total. The molecule has 1 unspecified atom stereocenters. The maximum absolute atomic E-state index is 13.1. The third-order valence-corrected chi connectivity index (χ3v) is 7.56. The van der Waals surface area contributed by atoms with Gasteiger partial charge in [0.1, 0.15) is 16.6 Å². The van der Waals surface area contributed by atoms with E-state index in [-0.39, 0.29) is 23.7 Å². The van der Waals surface area contributed by atoms with Crippen LogP contribution in [-0.4, -0.2) is 39.2 Å². The van der Waals surface area contributed by atoms with Gasteiger partial charge in [-0.05, 0) is 32.8 Å². The lowest BCUT2D eigenvalue weighted by Gasteiger charge is -2.40. The van der Waals surface area contributed by atoms with Crippen LogP contribution in [0.25, 0.3) is 0 Å². The van der Waals surface area contributed by atoms with Gasteiger partial charge in [0.05, 0.1) is 5.92 Å². The molecular formula is C19H30O5S. The molecule has 3 aliphatic rings. The fourth-order valence-electron chi connectivity index (χ4n) is 4.43. The molecule has 25 heavy (non-hydrogen) atoms. The number of allylic oxidation sites excluding steroid dienone is 1. The Kier molecular flexibility index (Phi) is 5.17. The van der Waals surface area contributed by atoms with Gasteiger partial charge in [0, 0.05) is 29.4 Å². The molecule has 3 rings (SSSR count). The number of carbonyl (C=O) groups is 1. The van der Waals surface area contributed by atoms with E-state index in [2.05, 4.69) is 6.92 Å². The van der Waals surface area contributed by atoms with E-state index in [1.807, 2.05) is 26.8 Å². The Bertz CT molecular complexity index is 599. The van der Waals surface area contributed by atoms with Gasteiger partial charge in [-0.15, -0.1) is 0 Å². The molecule has 2 fully saturated rings. The zero-order valence-corrected chi connectivity index (χ0v) is 16.7. The van der Waals surface area contributed by atoms with E-state index in [4.69, 9.17) is 14.2 Å². The Hall–Kier alpha value is -0.720. The molecular weight excluding hydrogens is 340 g/mol. The number of Topliss-reactive ketones (excluding diaryl/α,β-unsaturated/α-hetero) is 1. The van der Waals surface area contributed by atoms with Gasteiger partial charge in [0.25, 0.3) is 0 Å². The Morgan fingerprint density at radius 2 is 2.04 bits per heavy atom. The average molecular weight is 371 g/mol. The van der Waals surface area contributed by atoms with Crippen molar-refractivity contribution in [3.05, 3.63) is 11.8 Å². The predicted molar refractivity (Wildman–Crippen MR) is 96.2 cm³/mol. The Labute approximate surface area is 152 Å². The molecule has 0 saturated carbocycles. The molecule has 2 saturated heterocycles. The SMILES string of the molecule is CCCCCC(=O)[C@]1(S(C)=O)C[C@H]2C(=C[C@@H]1C)O[C@@H]1OC(C)(C)O[C@@H]12. The summed E-state index contributed by atoms with van der Waals surface area (Å²) in [6, 6.07) is 0. The van der Waals surface area contributed by atoms with Gasteiger partial charge in [0.15, 0.2) is 11.6 Å². The summed E-state index contributed by atoms with van der Waals surface area (Å²) >= 11 is 0. The van der Waals surface area contributed by atoms with E-state index in [1.54, 1.807) is 6.26 Å². The van der Waals surface area contributed by atoms with Crippen molar-refractivity contribution in [3.8, 4) is 0 Å². The highest BCUT2D eigenvalue weighted by molar-refractivity contribution is 7.86. The van der Waals surface area contributed by atoms with Crippen LogP contribution in [0, 0.1) is 11.8 Å². The molecule has 2 aliphatic heterocycles. The topological polar surface area (TPSA) is 61.8 Å². The van der Waals surface area contributed by atoms with Gasteiger partial charge >= 0.3 is 0 Å². The van der Waals surface area contributed by atoms with Crippen molar-refractivity contribution in [2.24, 2.45) is 11.8 Å². The number of carbonyl (C=O) groups excluding carboxylic acids is 1. The first-order chi connectivity index (χ1) is 11.7. The van der Waals surface area contributed by atoms with E-state index in [9.17, 15) is 9.00 Å². The second kappa shape index (κ2) is 6.78. The summed E-state index contributed by atoms with van der Waals surface area (Å²) in [6.07, 6.45) is 6.92. The van der Waals surface area contributed by atoms with Crippen LogP contribution in [0.2, 0.25) is 0 Å². The van der Waals surface area contributed by atoms with Crippen LogP contribution in [0.5, 0.6) is 0 Å². The van der Waals surface area contributed by atoms with Crippen molar-refractivity contribution in [3.63, 3.8) is 0 Å². The quantitative estimate of drug-likeness (QED) is 0.671. The number of rotatable bonds is 6. The largest absolute Gasteiger partial charge is 0.466 e. The average Bonchev–Trinajstić information content (AvgIpc) is 2.97. The number of ether oxygens (including phenoxy) is 3. The van der Waals surface area contributed by atoms with Gasteiger partial charge in [-0.2, -0.15) is 0 Å². The summed E-state index contributed by atoms with van der Waals surface area (Å²) in [7, 11) is -1.26. The monoisotopic (exact) mass is 370 g/mol. The van der Waals surface area contributed by atoms with Crippen LogP contribution in [-0.2, 0) is 29.8 Å². The molecule has 0 radical (unpaired) electrons. The Morgan fingerprint density at radius 1 is 1.32 bits per heavy atom. The molecule has 0 spiro atoms. The molecule has 142 valence electrons. The number of unbranched alkanes of at least 4 members (excludes halogenated alkanes) is 2. The lowest BCUT2D eigenvalue weighted by molar-refractivity contribution is -0.187. The molecule has 0 amide bonds. The zero-order chi connectivity index (χ0) is 18.4. The predicted octanol–water partition coefficient (Wildman–Crippen LogP) is 3.30. The Balaban J connectivity index is 1.86. The number of fused-ring (bicyclic) bond motifs is 3. The van der Waals surface area contributed by atoms with E-state index in [1.165, 1.54) is 0 Å². The molecule has 1 aliphatic carbocycles. The van der Waals surface area contributed by atoms with Crippen molar-refractivity contribution in [1.29, 1.82) is 0 Å². The van der Waals surface area contributed by atoms with E-state index < -0.39 is 27.6 Å². The van der Waals surface area contributed by atoms with Gasteiger partial charge in [0.2, 0.25) is 6.29 Å². The molecule has 5 nitrogen and oxygen atoms in total. The van der Waals surface area contributed by atoms with Crippen molar-refractivity contribution < 1.29 is 23.2 Å². The number of hydrogen-bond acceptors (Lipinski definition) is 5. The minimum atomic E-state index is -1.26. The summed E-state index contributed by atoms with van der Waals surface area (Å²) in [5, 5.41) is 0. The van der Waals surface area contributed by atoms with Gasteiger partial charge < -0.3 is 14.2 Å². The molecule has 0 aromatic heterocycles. The van der Waals surface area contributed by atoms with Crippen molar-refractivity contribution in [1.82, 2.24) is 0 Å². The second-order valence-electron chi connectivity index (χ2n) is 7.98. The van der Waals surface area contributed by atoms with E-state index >= 15 is 0 Å². The molecule has 2 heterocycles. The minimum Gasteiger partial charge on any atom is -0.466 e. The maximum atomic E-state index is 13.1. The Morgan fingerprint density at radius 3 is 2.68 bits per heavy atom. The van der Waals surface area contributed by atoms with E-state index in [0.717, 1.165) is 25.0 Å². The third-order valence-electron chi connectivity index (χ3n) is 5.77. The smallest absolute Gasteiger partial charge is 0.229 e. The number of ketones is 1. The van der Waals surface area contributed by atoms with Gasteiger partial charge in [-0.3, -0.25) is 9.00 Å². The van der Waals surface area contributed by atoms with Crippen LogP contribution < -0.4 is 0 Å². The van der Waals surface area contributed by atoms with Crippen LogP contribution in [0.4, 0.5) is 0 Å². The molecule has 0 aromatic rings. The summed E-state index contributed by atoms with van der Waals surface area (Å²) in [5.41, 5.74) is 0. The van der Waals surface area contributed by atoms with Crippen molar-refractivity contribution in [2.45, 2.75) is 82.7 Å². The van der Waals surface area contributed by atoms with Crippen molar-refractivity contribution >= 4 is 16.6 Å². The number of hydrogen-bond donors (Lipinski definition) is 0. The fraction of sp³-hybridized carbons (Fsp3) is 0.842. The third kappa shape index (κ3) is 3.21. The summed E-state index contributed by atoms with van der Waals surface area (Å²) in [6.45, 7) is 7.83. The van der Waals surface area contributed by atoms with Crippen molar-refractivity contribution in [2.75, 3.05) is 6.26 Å². The summed E-state index contributed by atoms with van der Waals surface area (Å²) < 4.78 is 29.7. The van der Waals surface area contributed by atoms with Crippen LogP contribution in [0.3, 0.4) is 0 Å². The first-order valence-corrected chi connectivity index (χ1v) is 10.9. The zero-order valence-electron chi connectivity index (χ0n) is 15.9. The lowest BCUT2D eigenvalue weighted by Crippen LogP contribution is -2.52. The highest BCUT2D eigenvalue weighted by atomic mass is 32.2. The van der Waals surface area contributed by atoms with Crippen LogP contribution in [0.15, 0.2) is 11.8 Å². The highest BCUT2D eigenvalue weighted by Gasteiger charge is 2.60. The van der Waals surface area contributed by atoms with Gasteiger partial charge in [-0.25, -0.2) is 0 Å².